The monoisotopic (exact) mass is 791 g/mol. The molecule has 0 aliphatic carbocycles. The molecule has 1 fully saturated rings. The second-order valence-corrected chi connectivity index (χ2v) is 20.7. The van der Waals surface area contributed by atoms with Gasteiger partial charge in [-0.05, 0) is 52.5 Å². The molecule has 2 aliphatic heterocycles. The van der Waals surface area contributed by atoms with Gasteiger partial charge in [0.25, 0.3) is 14.2 Å². The number of likely N-dealkylation sites (tertiary alicyclic amines) is 1. The Balaban J connectivity index is 1.23. The number of ketones is 1. The third kappa shape index (κ3) is 7.60. The molecular weight excluding hydrogens is 745 g/mol. The fraction of sp³-hybridized carbons (Fsp3) is 0.386. The zero-order chi connectivity index (χ0) is 40.0. The van der Waals surface area contributed by atoms with Crippen LogP contribution in [0.15, 0.2) is 97.1 Å². The molecule has 0 amide bonds. The average Bonchev–Trinajstić information content (AvgIpc) is 3.50. The van der Waals surface area contributed by atoms with Crippen molar-refractivity contribution in [3.8, 4) is 0 Å². The number of rotatable bonds is 13. The second kappa shape index (κ2) is 15.6. The molecule has 2 aliphatic rings. The maximum atomic E-state index is 16.8. The van der Waals surface area contributed by atoms with Gasteiger partial charge in [0.2, 0.25) is 6.43 Å². The number of aromatic nitrogens is 1. The van der Waals surface area contributed by atoms with Crippen molar-refractivity contribution in [2.45, 2.75) is 70.0 Å². The molecule has 296 valence electrons. The van der Waals surface area contributed by atoms with Crippen LogP contribution < -0.4 is 10.4 Å². The van der Waals surface area contributed by atoms with E-state index in [2.05, 4.69) is 4.98 Å². The van der Waals surface area contributed by atoms with E-state index in [-0.39, 0.29) is 31.6 Å². The number of H-pyrrole nitrogens is 1. The van der Waals surface area contributed by atoms with Gasteiger partial charge in [-0.2, -0.15) is 0 Å². The standard InChI is InChI=1S/C44H47F6N3O2Si/c1-28-21-34-33-17-11-12-18-37(33)51-40(34)41(39-35(45)22-29(23-36(39)46)42(54)30-24-52(25-30)20-19-38(47)48)53(28)26-44(49,50)27-55-56(43(2,3)4,31-13-7-5-8-14-31)32-15-9-6-10-16-32/h5-18,22-23,28,30,38,41,51H,19-21,24-27H2,1-4H3/t28-,41-/m1/s1. The summed E-state index contributed by atoms with van der Waals surface area (Å²) in [5.41, 5.74) is 1.31. The summed E-state index contributed by atoms with van der Waals surface area (Å²) < 4.78 is 98.6. The summed E-state index contributed by atoms with van der Waals surface area (Å²) in [6.07, 6.45) is -2.43. The van der Waals surface area contributed by atoms with E-state index in [0.717, 1.165) is 33.5 Å². The summed E-state index contributed by atoms with van der Waals surface area (Å²) in [6.45, 7) is 6.57. The third-order valence-corrected chi connectivity index (χ3v) is 16.5. The van der Waals surface area contributed by atoms with Crippen LogP contribution in [0.3, 0.4) is 0 Å². The summed E-state index contributed by atoms with van der Waals surface area (Å²) in [5.74, 6) is -6.59. The zero-order valence-corrected chi connectivity index (χ0v) is 33.0. The number of para-hydroxylation sites is 1. The number of hydrogen-bond acceptors (Lipinski definition) is 4. The lowest BCUT2D eigenvalue weighted by atomic mass is 9.86. The first kappa shape index (κ1) is 40.0. The van der Waals surface area contributed by atoms with Gasteiger partial charge in [0, 0.05) is 65.7 Å². The van der Waals surface area contributed by atoms with E-state index in [0.29, 0.717) is 17.6 Å². The van der Waals surface area contributed by atoms with Gasteiger partial charge in [-0.25, -0.2) is 26.3 Å². The molecule has 0 radical (unpaired) electrons. The van der Waals surface area contributed by atoms with E-state index in [9.17, 15) is 13.6 Å². The summed E-state index contributed by atoms with van der Waals surface area (Å²) >= 11 is 0. The van der Waals surface area contributed by atoms with E-state index in [4.69, 9.17) is 4.43 Å². The van der Waals surface area contributed by atoms with Crippen molar-refractivity contribution >= 4 is 35.4 Å². The molecule has 12 heteroatoms. The number of halogens is 6. The van der Waals surface area contributed by atoms with E-state index in [1.165, 1.54) is 4.90 Å². The number of benzene rings is 4. The summed E-state index contributed by atoms with van der Waals surface area (Å²) in [5, 5.41) is 1.99. The molecule has 0 unspecified atom stereocenters. The van der Waals surface area contributed by atoms with Gasteiger partial charge in [-0.1, -0.05) is 99.6 Å². The van der Waals surface area contributed by atoms with Crippen LogP contribution in [0, 0.1) is 17.6 Å². The maximum absolute atomic E-state index is 16.8. The summed E-state index contributed by atoms with van der Waals surface area (Å²) in [4.78, 5) is 19.8. The van der Waals surface area contributed by atoms with Crippen LogP contribution in [0.4, 0.5) is 26.3 Å². The van der Waals surface area contributed by atoms with E-state index < -0.39 is 79.8 Å². The molecule has 0 bridgehead atoms. The first-order valence-corrected chi connectivity index (χ1v) is 21.0. The van der Waals surface area contributed by atoms with E-state index in [1.54, 1.807) is 11.8 Å². The molecule has 56 heavy (non-hydrogen) atoms. The highest BCUT2D eigenvalue weighted by atomic mass is 28.4. The number of alkyl halides is 4. The van der Waals surface area contributed by atoms with Crippen LogP contribution in [0.1, 0.15) is 67.3 Å². The number of aromatic amines is 1. The second-order valence-electron chi connectivity index (χ2n) is 16.4. The first-order valence-electron chi connectivity index (χ1n) is 19.1. The summed E-state index contributed by atoms with van der Waals surface area (Å²) in [6, 6.07) is 26.5. The number of nitrogens with one attached hydrogen (secondary N) is 1. The smallest absolute Gasteiger partial charge is 0.282 e. The number of carbonyl (C=O) groups excluding carboxylic acids is 1. The van der Waals surface area contributed by atoms with Gasteiger partial charge in [-0.3, -0.25) is 9.69 Å². The molecule has 2 atom stereocenters. The van der Waals surface area contributed by atoms with Crippen molar-refractivity contribution in [3.63, 3.8) is 0 Å². The van der Waals surface area contributed by atoms with Gasteiger partial charge in [-0.15, -0.1) is 0 Å². The van der Waals surface area contributed by atoms with Gasteiger partial charge in [0.05, 0.1) is 19.2 Å². The van der Waals surface area contributed by atoms with Crippen molar-refractivity contribution in [2.24, 2.45) is 5.92 Å². The lowest BCUT2D eigenvalue weighted by Crippen LogP contribution is -2.67. The van der Waals surface area contributed by atoms with Crippen LogP contribution in [0.25, 0.3) is 10.9 Å². The average molecular weight is 792 g/mol. The van der Waals surface area contributed by atoms with Gasteiger partial charge in [0.15, 0.2) is 5.78 Å². The van der Waals surface area contributed by atoms with Crippen molar-refractivity contribution in [3.05, 3.63) is 131 Å². The lowest BCUT2D eigenvalue weighted by Gasteiger charge is -2.45. The minimum absolute atomic E-state index is 0.124. The number of nitrogens with zero attached hydrogens (tertiary/aromatic N) is 2. The highest BCUT2D eigenvalue weighted by Gasteiger charge is 2.53. The topological polar surface area (TPSA) is 48.6 Å². The predicted molar refractivity (Wildman–Crippen MR) is 210 cm³/mol. The quantitative estimate of drug-likeness (QED) is 0.0737. The number of Topliss-reactive ketones (excluding diaryl/α,β-unsaturated/α-hetero) is 1. The van der Waals surface area contributed by atoms with Crippen LogP contribution in [-0.4, -0.2) is 80.1 Å². The van der Waals surface area contributed by atoms with Crippen LogP contribution >= 0.6 is 0 Å². The van der Waals surface area contributed by atoms with Crippen molar-refractivity contribution in [1.29, 1.82) is 0 Å². The Morgan fingerprint density at radius 3 is 2.04 bits per heavy atom. The molecular formula is C44H47F6N3O2Si. The molecule has 1 aromatic heterocycles. The molecule has 5 aromatic rings. The van der Waals surface area contributed by atoms with Crippen LogP contribution in [0.5, 0.6) is 0 Å². The van der Waals surface area contributed by atoms with E-state index >= 15 is 17.6 Å². The van der Waals surface area contributed by atoms with Crippen LogP contribution in [0.2, 0.25) is 5.04 Å². The van der Waals surface area contributed by atoms with Crippen LogP contribution in [-0.2, 0) is 10.8 Å². The molecule has 1 N–H and O–H groups in total. The largest absolute Gasteiger partial charge is 0.401 e. The Morgan fingerprint density at radius 2 is 1.46 bits per heavy atom. The minimum Gasteiger partial charge on any atom is -0.401 e. The lowest BCUT2D eigenvalue weighted by molar-refractivity contribution is -0.0825. The number of fused-ring (bicyclic) bond motifs is 3. The van der Waals surface area contributed by atoms with Gasteiger partial charge in [0.1, 0.15) is 11.6 Å². The SMILES string of the molecule is C[C@@H]1Cc2c([nH]c3ccccc23)[C@@H](c2c(F)cc(C(=O)C3CN(CCC(F)F)C3)cc2F)N1CC(F)(F)CO[Si](c1ccccc1)(c1ccccc1)C(C)(C)C. The maximum Gasteiger partial charge on any atom is 0.282 e. The Kier molecular flexibility index (Phi) is 11.1. The fourth-order valence-electron chi connectivity index (χ4n) is 8.77. The molecule has 4 aromatic carbocycles. The van der Waals surface area contributed by atoms with Gasteiger partial charge < -0.3 is 14.3 Å². The Labute approximate surface area is 324 Å². The van der Waals surface area contributed by atoms with Crippen molar-refractivity contribution in [2.75, 3.05) is 32.8 Å². The number of carbonyl (C=O) groups is 1. The predicted octanol–water partition coefficient (Wildman–Crippen LogP) is 8.76. The van der Waals surface area contributed by atoms with Gasteiger partial charge >= 0.3 is 0 Å². The Hall–Kier alpha value is -4.23. The molecule has 0 saturated carbocycles. The highest BCUT2D eigenvalue weighted by Crippen LogP contribution is 2.44. The number of hydrogen-bond donors (Lipinski definition) is 1. The zero-order valence-electron chi connectivity index (χ0n) is 32.0. The highest BCUT2D eigenvalue weighted by molar-refractivity contribution is 6.99. The minimum atomic E-state index is -3.47. The Bertz CT molecular complexity index is 2110. The normalized spacial score (nSPS) is 18.7. The van der Waals surface area contributed by atoms with Crippen molar-refractivity contribution in [1.82, 2.24) is 14.8 Å². The molecule has 1 saturated heterocycles. The molecule has 5 nitrogen and oxygen atoms in total. The first-order chi connectivity index (χ1) is 26.6. The fourth-order valence-corrected chi connectivity index (χ4v) is 13.4. The molecule has 7 rings (SSSR count). The molecule has 0 spiro atoms. The molecule has 3 heterocycles. The summed E-state index contributed by atoms with van der Waals surface area (Å²) in [7, 11) is -3.35. The van der Waals surface area contributed by atoms with E-state index in [1.807, 2.05) is 106 Å². The Morgan fingerprint density at radius 1 is 0.893 bits per heavy atom. The third-order valence-electron chi connectivity index (χ3n) is 11.5. The van der Waals surface area contributed by atoms with Crippen molar-refractivity contribution < 1.29 is 35.6 Å².